The highest BCUT2D eigenvalue weighted by Crippen LogP contribution is 2.37. The SMILES string of the molecule is CC(C)(C)OC(=O)N1CCC[C@H]1c1ncc(-c2ccc(C/C=C/c3ccc4nc([C@@]5(O)CCCN5C(=O)OC(C)(C)C)[nH]c4c3)s2)[nH]1. The number of imidazole rings is 2. The van der Waals surface area contributed by atoms with Crippen molar-refractivity contribution in [1.82, 2.24) is 29.7 Å². The number of nitrogens with one attached hydrogen (secondary N) is 2. The first-order valence-corrected chi connectivity index (χ1v) is 17.0. The van der Waals surface area contributed by atoms with Gasteiger partial charge in [0, 0.05) is 30.8 Å². The van der Waals surface area contributed by atoms with Crippen LogP contribution in [0, 0.1) is 0 Å². The number of hydrogen-bond donors (Lipinski definition) is 3. The van der Waals surface area contributed by atoms with Gasteiger partial charge >= 0.3 is 12.2 Å². The molecule has 2 aliphatic heterocycles. The molecule has 6 rings (SSSR count). The molecule has 3 aromatic heterocycles. The molecule has 2 fully saturated rings. The van der Waals surface area contributed by atoms with Crippen molar-refractivity contribution in [2.75, 3.05) is 13.1 Å². The molecule has 0 aliphatic carbocycles. The third kappa shape index (κ3) is 7.23. The molecule has 0 saturated carbocycles. The number of H-pyrrole nitrogens is 2. The van der Waals surface area contributed by atoms with E-state index in [1.54, 1.807) is 16.2 Å². The zero-order valence-electron chi connectivity index (χ0n) is 27.9. The van der Waals surface area contributed by atoms with E-state index in [1.165, 1.54) is 9.78 Å². The van der Waals surface area contributed by atoms with Crippen molar-refractivity contribution in [2.45, 2.75) is 96.6 Å². The number of aromatic amines is 2. The molecule has 250 valence electrons. The van der Waals surface area contributed by atoms with Gasteiger partial charge in [-0.1, -0.05) is 18.2 Å². The zero-order chi connectivity index (χ0) is 33.6. The Balaban J connectivity index is 1.10. The first-order chi connectivity index (χ1) is 22.2. The van der Waals surface area contributed by atoms with Crippen LogP contribution < -0.4 is 0 Å². The van der Waals surface area contributed by atoms with Crippen molar-refractivity contribution < 1.29 is 24.2 Å². The van der Waals surface area contributed by atoms with Gasteiger partial charge in [-0.25, -0.2) is 19.6 Å². The van der Waals surface area contributed by atoms with Crippen molar-refractivity contribution in [3.05, 3.63) is 64.7 Å². The Morgan fingerprint density at radius 3 is 2.57 bits per heavy atom. The molecule has 3 N–H and O–H groups in total. The van der Waals surface area contributed by atoms with Crippen LogP contribution in [0.3, 0.4) is 0 Å². The van der Waals surface area contributed by atoms with Gasteiger partial charge in [0.15, 0.2) is 5.82 Å². The van der Waals surface area contributed by atoms with E-state index < -0.39 is 23.0 Å². The van der Waals surface area contributed by atoms with Crippen LogP contribution in [-0.2, 0) is 21.6 Å². The molecule has 0 spiro atoms. The minimum atomic E-state index is -1.54. The number of nitrogens with zero attached hydrogens (tertiary/aromatic N) is 4. The first kappa shape index (κ1) is 32.8. The molecule has 4 aromatic rings. The van der Waals surface area contributed by atoms with E-state index in [2.05, 4.69) is 44.2 Å². The molecule has 2 amide bonds. The molecule has 47 heavy (non-hydrogen) atoms. The second kappa shape index (κ2) is 12.5. The summed E-state index contributed by atoms with van der Waals surface area (Å²) in [4.78, 5) is 47.0. The molecule has 2 atom stereocenters. The molecule has 1 aromatic carbocycles. The van der Waals surface area contributed by atoms with Crippen LogP contribution in [0.4, 0.5) is 9.59 Å². The van der Waals surface area contributed by atoms with E-state index in [-0.39, 0.29) is 12.1 Å². The fraction of sp³-hybridized carbons (Fsp3) is 0.486. The molecule has 2 saturated heterocycles. The second-order valence-electron chi connectivity index (χ2n) is 14.3. The summed E-state index contributed by atoms with van der Waals surface area (Å²) in [7, 11) is 0. The normalized spacial score (nSPS) is 20.5. The smallest absolute Gasteiger partial charge is 0.412 e. The molecule has 0 unspecified atom stereocenters. The Hall–Kier alpha value is -4.16. The number of amides is 2. The van der Waals surface area contributed by atoms with E-state index in [9.17, 15) is 14.7 Å². The molecule has 0 bridgehead atoms. The number of benzene rings is 1. The fourth-order valence-corrected chi connectivity index (χ4v) is 7.04. The zero-order valence-corrected chi connectivity index (χ0v) is 28.7. The summed E-state index contributed by atoms with van der Waals surface area (Å²) in [6.45, 7) is 12.1. The third-order valence-electron chi connectivity index (χ3n) is 8.20. The molecule has 12 heteroatoms. The van der Waals surface area contributed by atoms with Gasteiger partial charge in [0.2, 0.25) is 5.72 Å². The van der Waals surface area contributed by atoms with E-state index in [1.807, 2.05) is 65.9 Å². The summed E-state index contributed by atoms with van der Waals surface area (Å²) in [5.41, 5.74) is 0.690. The number of aliphatic hydroxyl groups is 1. The van der Waals surface area contributed by atoms with Crippen molar-refractivity contribution >= 4 is 40.6 Å². The van der Waals surface area contributed by atoms with Gasteiger partial charge < -0.3 is 24.5 Å². The van der Waals surface area contributed by atoms with Gasteiger partial charge in [0.05, 0.1) is 33.8 Å². The number of aromatic nitrogens is 4. The topological polar surface area (TPSA) is 137 Å². The Kier molecular flexibility index (Phi) is 8.69. The summed E-state index contributed by atoms with van der Waals surface area (Å²) >= 11 is 1.70. The molecular formula is C35H44N6O5S. The number of carbonyl (C=O) groups is 2. The molecule has 11 nitrogen and oxygen atoms in total. The van der Waals surface area contributed by atoms with Gasteiger partial charge in [0.1, 0.15) is 17.0 Å². The van der Waals surface area contributed by atoms with Gasteiger partial charge in [-0.05, 0) is 90.6 Å². The van der Waals surface area contributed by atoms with Gasteiger partial charge in [-0.15, -0.1) is 11.3 Å². The lowest BCUT2D eigenvalue weighted by Gasteiger charge is -2.33. The molecule has 5 heterocycles. The van der Waals surface area contributed by atoms with Crippen molar-refractivity contribution in [3.8, 4) is 10.6 Å². The van der Waals surface area contributed by atoms with E-state index >= 15 is 0 Å². The highest BCUT2D eigenvalue weighted by Gasteiger charge is 2.47. The quantitative estimate of drug-likeness (QED) is 0.195. The number of thiophene rings is 1. The van der Waals surface area contributed by atoms with Crippen molar-refractivity contribution in [3.63, 3.8) is 0 Å². The van der Waals surface area contributed by atoms with E-state index in [0.717, 1.165) is 52.3 Å². The maximum absolute atomic E-state index is 12.8. The van der Waals surface area contributed by atoms with Crippen LogP contribution in [0.1, 0.15) is 95.4 Å². The summed E-state index contributed by atoms with van der Waals surface area (Å²) in [6, 6.07) is 10.00. The largest absolute Gasteiger partial charge is 0.444 e. The molecular weight excluding hydrogens is 616 g/mol. The summed E-state index contributed by atoms with van der Waals surface area (Å²) in [5, 5.41) is 11.5. The Bertz CT molecular complexity index is 1790. The van der Waals surface area contributed by atoms with Gasteiger partial charge in [0.25, 0.3) is 0 Å². The second-order valence-corrected chi connectivity index (χ2v) is 15.5. The average Bonchev–Trinajstić information content (AvgIpc) is 3.80. The number of ether oxygens (including phenoxy) is 2. The number of likely N-dealkylation sites (tertiary alicyclic amines) is 2. The van der Waals surface area contributed by atoms with Crippen LogP contribution in [-0.4, -0.2) is 71.3 Å². The van der Waals surface area contributed by atoms with E-state index in [4.69, 9.17) is 9.47 Å². The standard InChI is InChI=1S/C35H44N6O5S/c1-33(2,3)45-31(42)40-18-8-12-27(40)29-36-21-26(37-29)28-16-14-23(47-28)11-7-10-22-13-15-24-25(20-22)39-30(38-24)35(44)17-9-19-41(35)32(43)46-34(4,5)6/h7,10,13-16,20-21,27,44H,8-9,11-12,17-19H2,1-6H3,(H,36,37)(H,38,39)/b10-7+/t27-,35-/m0/s1. The minimum Gasteiger partial charge on any atom is -0.444 e. The third-order valence-corrected chi connectivity index (χ3v) is 9.34. The lowest BCUT2D eigenvalue weighted by molar-refractivity contribution is -0.0943. The summed E-state index contributed by atoms with van der Waals surface area (Å²) in [6.07, 6.45) is 8.74. The molecule has 2 aliphatic rings. The number of hydrogen-bond acceptors (Lipinski definition) is 8. The van der Waals surface area contributed by atoms with Crippen LogP contribution in [0.2, 0.25) is 0 Å². The Labute approximate surface area is 279 Å². The fourth-order valence-electron chi connectivity index (χ4n) is 6.09. The number of carbonyl (C=O) groups excluding carboxylic acids is 2. The predicted molar refractivity (Wildman–Crippen MR) is 182 cm³/mol. The van der Waals surface area contributed by atoms with E-state index in [0.29, 0.717) is 31.8 Å². The molecule has 0 radical (unpaired) electrons. The van der Waals surface area contributed by atoms with Crippen LogP contribution in [0.25, 0.3) is 27.7 Å². The Morgan fingerprint density at radius 1 is 1.04 bits per heavy atom. The summed E-state index contributed by atoms with van der Waals surface area (Å²) < 4.78 is 11.2. The van der Waals surface area contributed by atoms with Crippen LogP contribution in [0.15, 0.2) is 42.6 Å². The van der Waals surface area contributed by atoms with Gasteiger partial charge in [-0.3, -0.25) is 9.80 Å². The highest BCUT2D eigenvalue weighted by molar-refractivity contribution is 7.15. The Morgan fingerprint density at radius 2 is 1.81 bits per heavy atom. The first-order valence-electron chi connectivity index (χ1n) is 16.2. The van der Waals surface area contributed by atoms with Gasteiger partial charge in [-0.2, -0.15) is 0 Å². The number of rotatable bonds is 6. The predicted octanol–water partition coefficient (Wildman–Crippen LogP) is 7.52. The minimum absolute atomic E-state index is 0.116. The summed E-state index contributed by atoms with van der Waals surface area (Å²) in [5.74, 6) is 1.13. The van der Waals surface area contributed by atoms with Crippen LogP contribution in [0.5, 0.6) is 0 Å². The lowest BCUT2D eigenvalue weighted by atomic mass is 10.1. The lowest BCUT2D eigenvalue weighted by Crippen LogP contribution is -2.47. The average molecular weight is 661 g/mol. The maximum atomic E-state index is 12.8. The van der Waals surface area contributed by atoms with Crippen molar-refractivity contribution in [2.24, 2.45) is 0 Å². The monoisotopic (exact) mass is 660 g/mol. The number of allylic oxidation sites excluding steroid dienone is 1. The highest BCUT2D eigenvalue weighted by atomic mass is 32.1. The number of fused-ring (bicyclic) bond motifs is 1. The van der Waals surface area contributed by atoms with Crippen molar-refractivity contribution in [1.29, 1.82) is 0 Å². The maximum Gasteiger partial charge on any atom is 0.412 e. The van der Waals surface area contributed by atoms with Crippen LogP contribution >= 0.6 is 11.3 Å².